The van der Waals surface area contributed by atoms with Crippen LogP contribution in [0.2, 0.25) is 0 Å². The van der Waals surface area contributed by atoms with Gasteiger partial charge in [0.25, 0.3) is 5.91 Å². The second-order valence-corrected chi connectivity index (χ2v) is 8.66. The first-order valence-electron chi connectivity index (χ1n) is 10.9. The van der Waals surface area contributed by atoms with Crippen molar-refractivity contribution in [3.05, 3.63) is 72.6 Å². The summed E-state index contributed by atoms with van der Waals surface area (Å²) < 4.78 is 1.69. The van der Waals surface area contributed by atoms with Crippen molar-refractivity contribution < 1.29 is 9.90 Å². The second-order valence-electron chi connectivity index (χ2n) is 7.80. The van der Waals surface area contributed by atoms with Gasteiger partial charge in [0.2, 0.25) is 5.95 Å². The Kier molecular flexibility index (Phi) is 6.42. The highest BCUT2D eigenvalue weighted by Gasteiger charge is 2.26. The smallest absolute Gasteiger partial charge is 0.251 e. The van der Waals surface area contributed by atoms with Gasteiger partial charge in [-0.1, -0.05) is 30.3 Å². The summed E-state index contributed by atoms with van der Waals surface area (Å²) in [5.74, 6) is 0.328. The Labute approximate surface area is 205 Å². The number of aromatic nitrogens is 6. The minimum atomic E-state index is -0.722. The number of nitrogens with one attached hydrogen (secondary N) is 1. The molecule has 1 aliphatic heterocycles. The molecule has 5 heterocycles. The first-order valence-corrected chi connectivity index (χ1v) is 11.8. The maximum absolute atomic E-state index is 10.6. The number of likely N-dealkylation sites (tertiary alicyclic amines) is 1. The molecule has 2 N–H and O–H groups in total. The lowest BCUT2D eigenvalue weighted by Gasteiger charge is -2.04. The van der Waals surface area contributed by atoms with Crippen molar-refractivity contribution in [3.8, 4) is 22.0 Å². The minimum absolute atomic E-state index is 0.148. The molecule has 4 aromatic heterocycles. The van der Waals surface area contributed by atoms with E-state index in [0.29, 0.717) is 24.6 Å². The van der Waals surface area contributed by atoms with E-state index in [1.54, 1.807) is 41.5 Å². The summed E-state index contributed by atoms with van der Waals surface area (Å²) in [6.07, 6.45) is 6.85. The highest BCUT2D eigenvalue weighted by molar-refractivity contribution is 7.13. The molecule has 6 rings (SSSR count). The summed E-state index contributed by atoms with van der Waals surface area (Å²) in [6, 6.07) is 13.8. The van der Waals surface area contributed by atoms with Gasteiger partial charge in [0, 0.05) is 43.1 Å². The Morgan fingerprint density at radius 3 is 2.66 bits per heavy atom. The third-order valence-corrected chi connectivity index (χ3v) is 6.24. The maximum Gasteiger partial charge on any atom is 0.251 e. The summed E-state index contributed by atoms with van der Waals surface area (Å²) in [5, 5.41) is 19.1. The lowest BCUT2D eigenvalue weighted by molar-refractivity contribution is -0.133. The quantitative estimate of drug-likeness (QED) is 0.397. The zero-order chi connectivity index (χ0) is 24.2. The van der Waals surface area contributed by atoms with Crippen molar-refractivity contribution >= 4 is 34.5 Å². The molecular formula is C24H22N8O2S. The van der Waals surface area contributed by atoms with Crippen LogP contribution in [0.4, 0.5) is 11.6 Å². The molecule has 0 spiro atoms. The third-order valence-electron chi connectivity index (χ3n) is 5.37. The summed E-state index contributed by atoms with van der Waals surface area (Å²) in [4.78, 5) is 30.0. The fraction of sp³-hybridized carbons (Fsp3) is 0.167. The molecule has 1 aromatic carbocycles. The molecule has 0 bridgehead atoms. The first kappa shape index (κ1) is 22.6. The normalized spacial score (nSPS) is 15.2. The van der Waals surface area contributed by atoms with E-state index in [1.165, 1.54) is 4.90 Å². The Morgan fingerprint density at radius 2 is 1.91 bits per heavy atom. The molecule has 1 saturated heterocycles. The van der Waals surface area contributed by atoms with Crippen LogP contribution in [0.3, 0.4) is 0 Å². The lowest BCUT2D eigenvalue weighted by Crippen LogP contribution is -2.24. The fourth-order valence-electron chi connectivity index (χ4n) is 3.51. The topological polar surface area (TPSA) is 121 Å². The van der Waals surface area contributed by atoms with Crippen molar-refractivity contribution in [1.29, 1.82) is 0 Å². The van der Waals surface area contributed by atoms with Crippen LogP contribution in [0, 0.1) is 0 Å². The third kappa shape index (κ3) is 5.00. The van der Waals surface area contributed by atoms with Crippen LogP contribution >= 0.6 is 11.3 Å². The number of hydrogen-bond donors (Lipinski definition) is 2. The SMILES string of the molecule is CN1CCC(O)C1=O.c1ccc(-c2csc(-c3ccnc(Nc4cnn5cccnc45)n3)n2)cc1. The van der Waals surface area contributed by atoms with Crippen molar-refractivity contribution in [1.82, 2.24) is 34.4 Å². The Morgan fingerprint density at radius 1 is 1.06 bits per heavy atom. The molecule has 1 amide bonds. The number of fused-ring (bicyclic) bond motifs is 1. The molecule has 1 fully saturated rings. The predicted molar refractivity (Wildman–Crippen MR) is 133 cm³/mol. The number of carbonyl (C=O) groups excluding carboxylic acids is 1. The van der Waals surface area contributed by atoms with Crippen LogP contribution in [0.5, 0.6) is 0 Å². The first-order chi connectivity index (χ1) is 17.1. The van der Waals surface area contributed by atoms with Crippen LogP contribution in [-0.4, -0.2) is 65.2 Å². The number of thiazole rings is 1. The van der Waals surface area contributed by atoms with Crippen LogP contribution in [0.25, 0.3) is 27.6 Å². The van der Waals surface area contributed by atoms with E-state index in [9.17, 15) is 4.79 Å². The van der Waals surface area contributed by atoms with Gasteiger partial charge in [-0.3, -0.25) is 4.79 Å². The van der Waals surface area contributed by atoms with E-state index in [-0.39, 0.29) is 5.91 Å². The summed E-state index contributed by atoms with van der Waals surface area (Å²) in [5.41, 5.74) is 4.26. The lowest BCUT2D eigenvalue weighted by atomic mass is 10.2. The average Bonchev–Trinajstić information content (AvgIpc) is 3.62. The van der Waals surface area contributed by atoms with Gasteiger partial charge in [-0.25, -0.2) is 24.5 Å². The van der Waals surface area contributed by atoms with E-state index in [1.807, 2.05) is 54.0 Å². The number of benzene rings is 1. The van der Waals surface area contributed by atoms with Crippen LogP contribution in [-0.2, 0) is 4.79 Å². The van der Waals surface area contributed by atoms with E-state index >= 15 is 0 Å². The molecular weight excluding hydrogens is 464 g/mol. The van der Waals surface area contributed by atoms with Gasteiger partial charge in [0.1, 0.15) is 22.5 Å². The number of aliphatic hydroxyl groups excluding tert-OH is 1. The highest BCUT2D eigenvalue weighted by Crippen LogP contribution is 2.28. The van der Waals surface area contributed by atoms with Crippen LogP contribution < -0.4 is 5.32 Å². The van der Waals surface area contributed by atoms with Gasteiger partial charge >= 0.3 is 0 Å². The molecule has 1 atom stereocenters. The van der Waals surface area contributed by atoms with Crippen LogP contribution in [0.1, 0.15) is 6.42 Å². The Hall–Kier alpha value is -4.22. The number of amides is 1. The van der Waals surface area contributed by atoms with E-state index in [0.717, 1.165) is 27.6 Å². The monoisotopic (exact) mass is 486 g/mol. The van der Waals surface area contributed by atoms with Crippen LogP contribution in [0.15, 0.2) is 72.6 Å². The summed E-state index contributed by atoms with van der Waals surface area (Å²) in [6.45, 7) is 0.694. The fourth-order valence-corrected chi connectivity index (χ4v) is 4.31. The Bertz CT molecular complexity index is 1440. The van der Waals surface area contributed by atoms with Gasteiger partial charge in [-0.15, -0.1) is 11.3 Å². The number of nitrogens with zero attached hydrogens (tertiary/aromatic N) is 7. The molecule has 0 aliphatic carbocycles. The number of carbonyl (C=O) groups is 1. The van der Waals surface area contributed by atoms with E-state index in [2.05, 4.69) is 25.4 Å². The molecule has 1 aliphatic rings. The molecule has 0 saturated carbocycles. The molecule has 35 heavy (non-hydrogen) atoms. The number of aliphatic hydroxyl groups is 1. The van der Waals surface area contributed by atoms with Gasteiger partial charge in [0.15, 0.2) is 5.65 Å². The van der Waals surface area contributed by atoms with Crippen molar-refractivity contribution in [2.75, 3.05) is 18.9 Å². The van der Waals surface area contributed by atoms with Crippen molar-refractivity contribution in [3.63, 3.8) is 0 Å². The van der Waals surface area contributed by atoms with Gasteiger partial charge in [-0.05, 0) is 18.6 Å². The molecule has 176 valence electrons. The summed E-state index contributed by atoms with van der Waals surface area (Å²) in [7, 11) is 1.69. The molecule has 11 heteroatoms. The Balaban J connectivity index is 0.000000271. The van der Waals surface area contributed by atoms with E-state index < -0.39 is 6.10 Å². The number of anilines is 2. The average molecular weight is 487 g/mol. The second kappa shape index (κ2) is 9.95. The maximum atomic E-state index is 10.6. The molecule has 1 unspecified atom stereocenters. The van der Waals surface area contributed by atoms with Gasteiger partial charge < -0.3 is 15.3 Å². The molecule has 10 nitrogen and oxygen atoms in total. The largest absolute Gasteiger partial charge is 0.383 e. The molecule has 0 radical (unpaired) electrons. The highest BCUT2D eigenvalue weighted by atomic mass is 32.1. The molecule has 5 aromatic rings. The van der Waals surface area contributed by atoms with E-state index in [4.69, 9.17) is 10.1 Å². The minimum Gasteiger partial charge on any atom is -0.383 e. The summed E-state index contributed by atoms with van der Waals surface area (Å²) >= 11 is 1.56. The zero-order valence-corrected chi connectivity index (χ0v) is 19.6. The van der Waals surface area contributed by atoms with Crippen molar-refractivity contribution in [2.45, 2.75) is 12.5 Å². The number of rotatable bonds is 4. The standard InChI is InChI=1S/C19H13N7S.C5H9NO2/c1-2-5-13(6-3-1)16-12-27-18(23-16)14-7-9-21-19(24-14)25-15-11-22-26-10-4-8-20-17(15)26;1-6-3-2-4(7)5(6)8/h1-12H,(H,21,24,25);4,7H,2-3H2,1H3. The van der Waals surface area contributed by atoms with Crippen molar-refractivity contribution in [2.24, 2.45) is 0 Å². The number of likely N-dealkylation sites (N-methyl/N-ethyl adjacent to an activating group) is 1. The van der Waals surface area contributed by atoms with Gasteiger partial charge in [-0.2, -0.15) is 5.10 Å². The predicted octanol–water partition coefficient (Wildman–Crippen LogP) is 3.26. The van der Waals surface area contributed by atoms with Gasteiger partial charge in [0.05, 0.1) is 11.9 Å². The number of hydrogen-bond acceptors (Lipinski definition) is 9. The zero-order valence-electron chi connectivity index (χ0n) is 18.8.